The summed E-state index contributed by atoms with van der Waals surface area (Å²) in [7, 11) is 0. The van der Waals surface area contributed by atoms with Crippen molar-refractivity contribution in [1.29, 1.82) is 0 Å². The van der Waals surface area contributed by atoms with Crippen molar-refractivity contribution in [3.8, 4) is 22.3 Å². The van der Waals surface area contributed by atoms with E-state index in [4.69, 9.17) is 4.65 Å². The van der Waals surface area contributed by atoms with E-state index in [-0.39, 0.29) is 23.3 Å². The minimum absolute atomic E-state index is 0.0567. The molecule has 2 aliphatic rings. The quantitative estimate of drug-likeness (QED) is 0.383. The van der Waals surface area contributed by atoms with Crippen molar-refractivity contribution >= 4 is 12.4 Å². The predicted octanol–water partition coefficient (Wildman–Crippen LogP) is 7.72. The fraction of sp³-hybridized carbons (Fsp3) is 0.400. The standard InChI is InChI=1S/C28H31BO.C2H6/c1-26(2)18-29(30-28(26,5)6)21-11-9-10-19(16-21)20-14-15-25-23(17-20)22-12-7-8-13-24(22)27(25,3)4;1-2/h7-17H,18H2,1-6H3;1-2H3. The first kappa shape index (κ1) is 22.9. The van der Waals surface area contributed by atoms with E-state index in [0.717, 1.165) is 6.32 Å². The van der Waals surface area contributed by atoms with E-state index < -0.39 is 0 Å². The van der Waals surface area contributed by atoms with Crippen molar-refractivity contribution < 1.29 is 4.65 Å². The Balaban J connectivity index is 0.00000119. The summed E-state index contributed by atoms with van der Waals surface area (Å²) in [5.41, 5.74) is 9.53. The molecule has 1 nitrogen and oxygen atoms in total. The van der Waals surface area contributed by atoms with E-state index in [0.29, 0.717) is 0 Å². The van der Waals surface area contributed by atoms with Crippen molar-refractivity contribution in [2.45, 2.75) is 72.7 Å². The molecule has 0 spiro atoms. The van der Waals surface area contributed by atoms with Gasteiger partial charge < -0.3 is 4.65 Å². The molecular formula is C30H37BO. The molecule has 1 aliphatic carbocycles. The number of hydrogen-bond acceptors (Lipinski definition) is 1. The average molecular weight is 424 g/mol. The second-order valence-electron chi connectivity index (χ2n) is 10.8. The van der Waals surface area contributed by atoms with Crippen LogP contribution in [0.25, 0.3) is 22.3 Å². The van der Waals surface area contributed by atoms with Crippen LogP contribution < -0.4 is 5.46 Å². The van der Waals surface area contributed by atoms with Gasteiger partial charge in [0.2, 0.25) is 0 Å². The zero-order chi connectivity index (χ0) is 23.3. The zero-order valence-corrected chi connectivity index (χ0v) is 21.0. The monoisotopic (exact) mass is 424 g/mol. The highest BCUT2D eigenvalue weighted by molar-refractivity contribution is 6.68. The first-order valence-electron chi connectivity index (χ1n) is 12.1. The van der Waals surface area contributed by atoms with Crippen LogP contribution in [-0.2, 0) is 10.1 Å². The van der Waals surface area contributed by atoms with Crippen molar-refractivity contribution in [2.24, 2.45) is 5.41 Å². The van der Waals surface area contributed by atoms with Gasteiger partial charge in [-0.25, -0.2) is 0 Å². The predicted molar refractivity (Wildman–Crippen MR) is 140 cm³/mol. The van der Waals surface area contributed by atoms with Crippen molar-refractivity contribution in [3.63, 3.8) is 0 Å². The van der Waals surface area contributed by atoms with Gasteiger partial charge in [-0.3, -0.25) is 0 Å². The van der Waals surface area contributed by atoms with Gasteiger partial charge in [0, 0.05) is 5.41 Å². The van der Waals surface area contributed by atoms with Gasteiger partial charge in [-0.05, 0) is 70.5 Å². The first-order valence-corrected chi connectivity index (χ1v) is 12.1. The maximum Gasteiger partial charge on any atom is 0.327 e. The maximum atomic E-state index is 6.49. The molecular weight excluding hydrogens is 387 g/mol. The largest absolute Gasteiger partial charge is 0.426 e. The minimum Gasteiger partial charge on any atom is -0.426 e. The molecule has 1 heterocycles. The molecule has 3 aromatic carbocycles. The molecule has 0 N–H and O–H groups in total. The number of fused-ring (bicyclic) bond motifs is 3. The first-order chi connectivity index (χ1) is 15.1. The summed E-state index contributed by atoms with van der Waals surface area (Å²) in [6.07, 6.45) is 1.05. The molecule has 0 bridgehead atoms. The van der Waals surface area contributed by atoms with Gasteiger partial charge in [-0.2, -0.15) is 0 Å². The highest BCUT2D eigenvalue weighted by atomic mass is 16.5. The maximum absolute atomic E-state index is 6.49. The lowest BCUT2D eigenvalue weighted by Crippen LogP contribution is -2.36. The molecule has 32 heavy (non-hydrogen) atoms. The Hall–Kier alpha value is -2.32. The molecule has 0 atom stereocenters. The van der Waals surface area contributed by atoms with Gasteiger partial charge in [0.1, 0.15) is 0 Å². The van der Waals surface area contributed by atoms with Crippen LogP contribution in [0, 0.1) is 5.41 Å². The van der Waals surface area contributed by atoms with Gasteiger partial charge in [0.05, 0.1) is 5.60 Å². The van der Waals surface area contributed by atoms with Crippen LogP contribution in [-0.4, -0.2) is 12.5 Å². The van der Waals surface area contributed by atoms with Gasteiger partial charge >= 0.3 is 6.92 Å². The van der Waals surface area contributed by atoms with E-state index in [1.54, 1.807) is 0 Å². The van der Waals surface area contributed by atoms with Crippen molar-refractivity contribution in [2.75, 3.05) is 0 Å². The third kappa shape index (κ3) is 3.53. The Bertz CT molecular complexity index is 1120. The van der Waals surface area contributed by atoms with Crippen LogP contribution in [0.15, 0.2) is 66.7 Å². The summed E-state index contributed by atoms with van der Waals surface area (Å²) >= 11 is 0. The number of benzene rings is 3. The van der Waals surface area contributed by atoms with E-state index in [1.165, 1.54) is 38.8 Å². The van der Waals surface area contributed by atoms with Crippen LogP contribution >= 0.6 is 0 Å². The fourth-order valence-electron chi connectivity index (χ4n) is 5.27. The molecule has 0 aromatic heterocycles. The molecule has 166 valence electrons. The molecule has 0 unspecified atom stereocenters. The second kappa shape index (κ2) is 7.92. The van der Waals surface area contributed by atoms with E-state index >= 15 is 0 Å². The fourth-order valence-corrected chi connectivity index (χ4v) is 5.27. The van der Waals surface area contributed by atoms with Gasteiger partial charge in [-0.1, -0.05) is 102 Å². The second-order valence-corrected chi connectivity index (χ2v) is 10.8. The highest BCUT2D eigenvalue weighted by Gasteiger charge is 2.49. The normalized spacial score (nSPS) is 19.1. The lowest BCUT2D eigenvalue weighted by atomic mass is 9.54. The Morgan fingerprint density at radius 1 is 0.688 bits per heavy atom. The summed E-state index contributed by atoms with van der Waals surface area (Å²) in [4.78, 5) is 0. The Morgan fingerprint density at radius 2 is 1.34 bits per heavy atom. The van der Waals surface area contributed by atoms with Crippen LogP contribution in [0.5, 0.6) is 0 Å². The van der Waals surface area contributed by atoms with Crippen LogP contribution in [0.1, 0.15) is 66.5 Å². The molecule has 3 aromatic rings. The SMILES string of the molecule is CC.CC1(C)c2ccccc2-c2cc(-c3cccc(B4CC(C)(C)C(C)(C)O4)c3)ccc21. The molecule has 1 aliphatic heterocycles. The highest BCUT2D eigenvalue weighted by Crippen LogP contribution is 2.49. The number of rotatable bonds is 2. The van der Waals surface area contributed by atoms with E-state index in [1.807, 2.05) is 13.8 Å². The van der Waals surface area contributed by atoms with Crippen molar-refractivity contribution in [1.82, 2.24) is 0 Å². The smallest absolute Gasteiger partial charge is 0.327 e. The van der Waals surface area contributed by atoms with Gasteiger partial charge in [-0.15, -0.1) is 0 Å². The van der Waals surface area contributed by atoms with Gasteiger partial charge in [0.25, 0.3) is 0 Å². The molecule has 1 saturated heterocycles. The summed E-state index contributed by atoms with van der Waals surface area (Å²) in [6.45, 7) is 17.9. The van der Waals surface area contributed by atoms with Crippen LogP contribution in [0.4, 0.5) is 0 Å². The third-order valence-electron chi connectivity index (χ3n) is 7.94. The molecule has 5 rings (SSSR count). The summed E-state index contributed by atoms with van der Waals surface area (Å²) in [6, 6.07) is 24.8. The number of hydrogen-bond donors (Lipinski definition) is 0. The Morgan fingerprint density at radius 3 is 2.03 bits per heavy atom. The minimum atomic E-state index is -0.115. The van der Waals surface area contributed by atoms with E-state index in [9.17, 15) is 0 Å². The zero-order valence-electron chi connectivity index (χ0n) is 21.0. The summed E-state index contributed by atoms with van der Waals surface area (Å²) in [5, 5.41) is 0. The van der Waals surface area contributed by atoms with Crippen molar-refractivity contribution in [3.05, 3.63) is 77.9 Å². The molecule has 1 fully saturated rings. The molecule has 0 saturated carbocycles. The Kier molecular flexibility index (Phi) is 5.66. The lowest BCUT2D eigenvalue weighted by Gasteiger charge is -2.34. The Labute approximate surface area is 195 Å². The third-order valence-corrected chi connectivity index (χ3v) is 7.94. The van der Waals surface area contributed by atoms with Gasteiger partial charge in [0.15, 0.2) is 0 Å². The molecule has 0 radical (unpaired) electrons. The molecule has 0 amide bonds. The lowest BCUT2D eigenvalue weighted by molar-refractivity contribution is 0.0375. The van der Waals surface area contributed by atoms with E-state index in [2.05, 4.69) is 108 Å². The molecule has 2 heteroatoms. The topological polar surface area (TPSA) is 9.23 Å². The average Bonchev–Trinajstić information content (AvgIpc) is 3.15. The van der Waals surface area contributed by atoms with Crippen LogP contribution in [0.2, 0.25) is 6.32 Å². The summed E-state index contributed by atoms with van der Waals surface area (Å²) in [5.74, 6) is 0. The summed E-state index contributed by atoms with van der Waals surface area (Å²) < 4.78 is 6.49. The van der Waals surface area contributed by atoms with Crippen LogP contribution in [0.3, 0.4) is 0 Å².